The van der Waals surface area contributed by atoms with E-state index in [0.29, 0.717) is 37.6 Å². The van der Waals surface area contributed by atoms with Crippen LogP contribution in [0.4, 0.5) is 31.1 Å². The third kappa shape index (κ3) is 7.84. The molecule has 0 radical (unpaired) electrons. The summed E-state index contributed by atoms with van der Waals surface area (Å²) in [4.78, 5) is 41.6. The van der Waals surface area contributed by atoms with Crippen LogP contribution in [0.15, 0.2) is 23.1 Å². The molecule has 17 heteroatoms. The van der Waals surface area contributed by atoms with Crippen LogP contribution < -0.4 is 0 Å². The predicted octanol–water partition coefficient (Wildman–Crippen LogP) is 4.59. The standard InChI is InChI=1S/C28H33F6N5O5S/c1-26(2)24(42)39(45-20-8-3-17(14-35)21(13-20)27(29,30)31)25(43)38(26)18-4-6-19(7-5-18)44-12-11-36-9-10-37(16-23(40)41)22(15-36)28(32,33)34/h3,8,13,18-19,22H,4-7,9-12,15-16H2,1-2H3,(H,40,41)/t18?,19?,22-/m1/s1. The summed E-state index contributed by atoms with van der Waals surface area (Å²) < 4.78 is 87.6. The van der Waals surface area contributed by atoms with E-state index in [1.807, 2.05) is 0 Å². The zero-order valence-electron chi connectivity index (χ0n) is 24.5. The van der Waals surface area contributed by atoms with Gasteiger partial charge in [0.15, 0.2) is 0 Å². The first-order valence-electron chi connectivity index (χ1n) is 14.3. The van der Waals surface area contributed by atoms with E-state index in [1.54, 1.807) is 18.7 Å². The van der Waals surface area contributed by atoms with Gasteiger partial charge in [-0.25, -0.2) is 4.79 Å². The topological polar surface area (TPSA) is 117 Å². The Bertz CT molecular complexity index is 1330. The van der Waals surface area contributed by atoms with E-state index < -0.39 is 59.5 Å². The van der Waals surface area contributed by atoms with Crippen molar-refractivity contribution in [3.05, 3.63) is 29.3 Å². The summed E-state index contributed by atoms with van der Waals surface area (Å²) in [5.74, 6) is -1.91. The molecule has 1 saturated carbocycles. The highest BCUT2D eigenvalue weighted by Gasteiger charge is 2.55. The van der Waals surface area contributed by atoms with Gasteiger partial charge in [0.25, 0.3) is 5.91 Å². The number of hydrogen-bond acceptors (Lipinski definition) is 8. The number of ether oxygens (including phenoxy) is 1. The van der Waals surface area contributed by atoms with Gasteiger partial charge in [-0.1, -0.05) is 0 Å². The summed E-state index contributed by atoms with van der Waals surface area (Å²) in [6.45, 7) is 2.72. The lowest BCUT2D eigenvalue weighted by molar-refractivity contribution is -0.199. The Kier molecular flexibility index (Phi) is 10.3. The van der Waals surface area contributed by atoms with Crippen LogP contribution in [0.2, 0.25) is 0 Å². The number of piperazine rings is 1. The van der Waals surface area contributed by atoms with Crippen LogP contribution in [-0.4, -0.2) is 111 Å². The normalized spacial score (nSPS) is 25.1. The van der Waals surface area contributed by atoms with Gasteiger partial charge in [-0.3, -0.25) is 19.4 Å². The number of nitrogens with zero attached hydrogens (tertiary/aromatic N) is 5. The number of alkyl halides is 6. The minimum Gasteiger partial charge on any atom is -0.480 e. The summed E-state index contributed by atoms with van der Waals surface area (Å²) >= 11 is 0.568. The number of nitriles is 1. The van der Waals surface area contributed by atoms with E-state index in [4.69, 9.17) is 15.1 Å². The maximum atomic E-state index is 13.5. The second-order valence-corrected chi connectivity index (χ2v) is 12.8. The van der Waals surface area contributed by atoms with E-state index in [-0.39, 0.29) is 49.8 Å². The summed E-state index contributed by atoms with van der Waals surface area (Å²) in [5.41, 5.74) is -3.00. The fraction of sp³-hybridized carbons (Fsp3) is 0.643. The molecule has 1 N–H and O–H groups in total. The summed E-state index contributed by atoms with van der Waals surface area (Å²) in [6, 6.07) is 1.59. The van der Waals surface area contributed by atoms with Crippen molar-refractivity contribution < 1.29 is 50.6 Å². The van der Waals surface area contributed by atoms with Crippen molar-refractivity contribution in [2.75, 3.05) is 39.3 Å². The Balaban J connectivity index is 1.31. The second-order valence-electron chi connectivity index (χ2n) is 11.7. The minimum atomic E-state index is -4.80. The Labute approximate surface area is 260 Å². The number of hydrogen-bond donors (Lipinski definition) is 1. The summed E-state index contributed by atoms with van der Waals surface area (Å²) in [7, 11) is 0. The molecule has 3 amide bonds. The molecule has 0 aromatic heterocycles. The molecule has 0 bridgehead atoms. The fourth-order valence-corrected chi connectivity index (χ4v) is 7.04. The number of carbonyl (C=O) groups excluding carboxylic acids is 2. The van der Waals surface area contributed by atoms with Crippen molar-refractivity contribution >= 4 is 29.9 Å². The van der Waals surface area contributed by atoms with Crippen LogP contribution in [0.1, 0.15) is 50.7 Å². The molecule has 45 heavy (non-hydrogen) atoms. The maximum Gasteiger partial charge on any atom is 0.417 e. The van der Waals surface area contributed by atoms with Gasteiger partial charge in [-0.2, -0.15) is 35.9 Å². The van der Waals surface area contributed by atoms with Crippen LogP contribution in [0, 0.1) is 11.3 Å². The summed E-state index contributed by atoms with van der Waals surface area (Å²) in [5, 5.41) is 18.0. The molecular weight excluding hydrogens is 632 g/mol. The van der Waals surface area contributed by atoms with Crippen molar-refractivity contribution in [1.82, 2.24) is 19.0 Å². The molecule has 1 aromatic rings. The SMILES string of the molecule is CC1(C)C(=O)N(Sc2ccc(C#N)c(C(F)(F)F)c2)C(=O)N1C1CCC(OCCN2CCN(CC(=O)O)[C@@H](C(F)(F)F)C2)CC1. The highest BCUT2D eigenvalue weighted by molar-refractivity contribution is 7.98. The first-order chi connectivity index (χ1) is 20.9. The van der Waals surface area contributed by atoms with E-state index >= 15 is 0 Å². The molecule has 0 spiro atoms. The number of carboxylic acid groups (broad SMARTS) is 1. The Morgan fingerprint density at radius 2 is 1.78 bits per heavy atom. The largest absolute Gasteiger partial charge is 0.480 e. The van der Waals surface area contributed by atoms with Gasteiger partial charge in [-0.15, -0.1) is 0 Å². The molecule has 0 unspecified atom stereocenters. The first kappa shape index (κ1) is 34.8. The smallest absolute Gasteiger partial charge is 0.417 e. The molecule has 2 heterocycles. The van der Waals surface area contributed by atoms with Crippen molar-refractivity contribution in [2.45, 2.75) is 80.5 Å². The molecule has 1 aliphatic carbocycles. The lowest BCUT2D eigenvalue weighted by Crippen LogP contribution is -2.60. The third-order valence-corrected chi connectivity index (χ3v) is 9.33. The molecule has 4 rings (SSSR count). The van der Waals surface area contributed by atoms with E-state index in [1.165, 1.54) is 17.0 Å². The van der Waals surface area contributed by atoms with Crippen molar-refractivity contribution in [1.29, 1.82) is 5.26 Å². The molecule has 10 nitrogen and oxygen atoms in total. The van der Waals surface area contributed by atoms with Gasteiger partial charge in [-0.05, 0) is 69.7 Å². The molecule has 3 fully saturated rings. The molecular formula is C28H33F6N5O5S. The van der Waals surface area contributed by atoms with Gasteiger partial charge in [0.1, 0.15) is 11.6 Å². The van der Waals surface area contributed by atoms with Crippen molar-refractivity contribution in [2.24, 2.45) is 0 Å². The molecule has 1 atom stereocenters. The number of urea groups is 1. The molecule has 2 aliphatic heterocycles. The average Bonchev–Trinajstić information content (AvgIpc) is 3.11. The number of benzene rings is 1. The Morgan fingerprint density at radius 1 is 1.11 bits per heavy atom. The number of amides is 3. The van der Waals surface area contributed by atoms with Gasteiger partial charge >= 0.3 is 24.4 Å². The van der Waals surface area contributed by atoms with Gasteiger partial charge in [0.2, 0.25) is 0 Å². The zero-order chi connectivity index (χ0) is 33.3. The molecule has 248 valence electrons. The lowest BCUT2D eigenvalue weighted by atomic mass is 9.89. The molecule has 3 aliphatic rings. The number of imide groups is 1. The highest BCUT2D eigenvalue weighted by Crippen LogP contribution is 2.42. The van der Waals surface area contributed by atoms with Crippen LogP contribution in [0.25, 0.3) is 0 Å². The van der Waals surface area contributed by atoms with E-state index in [0.717, 1.165) is 21.3 Å². The monoisotopic (exact) mass is 665 g/mol. The minimum absolute atomic E-state index is 0.0253. The number of carboxylic acids is 1. The van der Waals surface area contributed by atoms with Crippen molar-refractivity contribution in [3.63, 3.8) is 0 Å². The lowest BCUT2D eigenvalue weighted by Gasteiger charge is -2.41. The van der Waals surface area contributed by atoms with Crippen LogP contribution in [0.3, 0.4) is 0 Å². The van der Waals surface area contributed by atoms with E-state index in [9.17, 15) is 40.7 Å². The van der Waals surface area contributed by atoms with E-state index in [2.05, 4.69) is 0 Å². The van der Waals surface area contributed by atoms with Gasteiger partial charge in [0.05, 0.1) is 36.5 Å². The Hall–Kier alpha value is -3.07. The van der Waals surface area contributed by atoms with Gasteiger partial charge < -0.3 is 14.7 Å². The summed E-state index contributed by atoms with van der Waals surface area (Å²) in [6.07, 6.45) is -7.58. The Morgan fingerprint density at radius 3 is 2.36 bits per heavy atom. The predicted molar refractivity (Wildman–Crippen MR) is 148 cm³/mol. The number of carbonyl (C=O) groups is 3. The average molecular weight is 666 g/mol. The van der Waals surface area contributed by atoms with Crippen LogP contribution in [-0.2, 0) is 20.5 Å². The third-order valence-electron chi connectivity index (χ3n) is 8.36. The second kappa shape index (κ2) is 13.3. The maximum absolute atomic E-state index is 13.5. The number of aliphatic carboxylic acids is 1. The number of halogens is 6. The molecule has 1 aromatic carbocycles. The number of rotatable bonds is 9. The van der Waals surface area contributed by atoms with Crippen LogP contribution >= 0.6 is 11.9 Å². The first-order valence-corrected chi connectivity index (χ1v) is 15.0. The zero-order valence-corrected chi connectivity index (χ0v) is 25.3. The van der Waals surface area contributed by atoms with Gasteiger partial charge in [0, 0.05) is 37.1 Å². The quantitative estimate of drug-likeness (QED) is 0.230. The van der Waals surface area contributed by atoms with Crippen LogP contribution in [0.5, 0.6) is 0 Å². The van der Waals surface area contributed by atoms with Crippen molar-refractivity contribution in [3.8, 4) is 6.07 Å². The fourth-order valence-electron chi connectivity index (χ4n) is 6.06. The highest BCUT2D eigenvalue weighted by atomic mass is 32.2. The molecule has 2 saturated heterocycles.